The quantitative estimate of drug-likeness (QED) is 0.197. The van der Waals surface area contributed by atoms with E-state index in [-0.39, 0.29) is 23.6 Å². The minimum Gasteiger partial charge on any atom is -0.478 e. The van der Waals surface area contributed by atoms with Gasteiger partial charge >= 0.3 is 5.97 Å². The number of carboxylic acid groups (broad SMARTS) is 1. The van der Waals surface area contributed by atoms with Crippen LogP contribution in [0.5, 0.6) is 0 Å². The maximum absolute atomic E-state index is 13.7. The van der Waals surface area contributed by atoms with E-state index >= 15 is 0 Å². The third-order valence-corrected chi connectivity index (χ3v) is 8.83. The Morgan fingerprint density at radius 1 is 0.913 bits per heavy atom. The Bertz CT molecular complexity index is 1670. The first-order valence-corrected chi connectivity index (χ1v) is 15.9. The van der Waals surface area contributed by atoms with Crippen LogP contribution < -0.4 is 9.80 Å². The standard InChI is InChI=1S/C38H41N5O3/c1-27-22-36(23-28(2)40-27)42(37(44)32-10-5-4-6-11-32)21-16-29(3)41-19-17-35(18-20-41)43(26-31-9-7-8-30(24-31)25-39)34-14-12-33(13-15-34)38(45)46/h4-15,22-24,29,35H,16-21,26H2,1-3H3,(H,45,46). The highest BCUT2D eigenvalue weighted by atomic mass is 16.4. The number of piperidine rings is 1. The van der Waals surface area contributed by atoms with Crippen LogP contribution in [0, 0.1) is 25.2 Å². The van der Waals surface area contributed by atoms with Gasteiger partial charge in [-0.2, -0.15) is 5.26 Å². The second kappa shape index (κ2) is 14.9. The average molecular weight is 616 g/mol. The van der Waals surface area contributed by atoms with Crippen molar-refractivity contribution in [3.8, 4) is 6.07 Å². The monoisotopic (exact) mass is 615 g/mol. The van der Waals surface area contributed by atoms with Crippen LogP contribution in [0.1, 0.15) is 69.4 Å². The van der Waals surface area contributed by atoms with Gasteiger partial charge in [-0.25, -0.2) is 4.79 Å². The molecule has 3 aromatic carbocycles. The van der Waals surface area contributed by atoms with Crippen molar-refractivity contribution in [3.63, 3.8) is 0 Å². The van der Waals surface area contributed by atoms with Crippen molar-refractivity contribution in [3.05, 3.63) is 125 Å². The summed E-state index contributed by atoms with van der Waals surface area (Å²) in [5.74, 6) is -0.957. The number of benzene rings is 3. The number of anilines is 2. The largest absolute Gasteiger partial charge is 0.478 e. The van der Waals surface area contributed by atoms with Gasteiger partial charge in [0.05, 0.1) is 17.2 Å². The second-order valence-electron chi connectivity index (χ2n) is 12.1. The summed E-state index contributed by atoms with van der Waals surface area (Å²) in [4.78, 5) is 36.4. The number of aromatic carboxylic acids is 1. The predicted octanol–water partition coefficient (Wildman–Crippen LogP) is 6.86. The zero-order chi connectivity index (χ0) is 32.6. The van der Waals surface area contributed by atoms with Crippen LogP contribution >= 0.6 is 0 Å². The lowest BCUT2D eigenvalue weighted by molar-refractivity contribution is 0.0696. The molecule has 1 fully saturated rings. The predicted molar refractivity (Wildman–Crippen MR) is 181 cm³/mol. The number of nitrogens with zero attached hydrogens (tertiary/aromatic N) is 5. The Morgan fingerprint density at radius 3 is 2.22 bits per heavy atom. The van der Waals surface area contributed by atoms with E-state index in [0.717, 1.165) is 60.7 Å². The molecule has 2 heterocycles. The summed E-state index contributed by atoms with van der Waals surface area (Å²) in [5.41, 5.74) is 6.21. The van der Waals surface area contributed by atoms with E-state index < -0.39 is 5.97 Å². The molecule has 1 atom stereocenters. The minimum absolute atomic E-state index is 0.0125. The molecule has 1 amide bonds. The molecule has 0 saturated carbocycles. The Labute approximate surface area is 271 Å². The summed E-state index contributed by atoms with van der Waals surface area (Å²) in [6.45, 7) is 9.20. The van der Waals surface area contributed by atoms with Gasteiger partial charge in [-0.15, -0.1) is 0 Å². The number of carbonyl (C=O) groups is 2. The van der Waals surface area contributed by atoms with E-state index in [1.807, 2.05) is 91.5 Å². The fourth-order valence-corrected chi connectivity index (χ4v) is 6.35. The SMILES string of the molecule is Cc1cc(N(CCC(C)N2CCC(N(Cc3cccc(C#N)c3)c3ccc(C(=O)O)cc3)CC2)C(=O)c2ccccc2)cc(C)n1. The first-order chi connectivity index (χ1) is 22.2. The zero-order valence-corrected chi connectivity index (χ0v) is 26.8. The summed E-state index contributed by atoms with van der Waals surface area (Å²) in [6, 6.07) is 30.9. The number of amides is 1. The molecule has 8 heteroatoms. The Balaban J connectivity index is 1.28. The highest BCUT2D eigenvalue weighted by Crippen LogP contribution is 2.28. The number of likely N-dealkylation sites (tertiary alicyclic amines) is 1. The first kappa shape index (κ1) is 32.4. The smallest absolute Gasteiger partial charge is 0.335 e. The number of pyridine rings is 1. The van der Waals surface area contributed by atoms with Gasteiger partial charge in [0.2, 0.25) is 0 Å². The summed E-state index contributed by atoms with van der Waals surface area (Å²) in [5, 5.41) is 18.8. The molecular formula is C38H41N5O3. The van der Waals surface area contributed by atoms with Gasteiger partial charge in [-0.3, -0.25) is 9.78 Å². The second-order valence-corrected chi connectivity index (χ2v) is 12.1. The number of nitriles is 1. The van der Waals surface area contributed by atoms with Crippen LogP contribution in [0.4, 0.5) is 11.4 Å². The van der Waals surface area contributed by atoms with Gasteiger partial charge in [-0.1, -0.05) is 30.3 Å². The van der Waals surface area contributed by atoms with Crippen LogP contribution in [0.3, 0.4) is 0 Å². The number of rotatable bonds is 11. The van der Waals surface area contributed by atoms with E-state index in [1.165, 1.54) is 0 Å². The number of carboxylic acids is 1. The molecule has 1 aliphatic rings. The Kier molecular flexibility index (Phi) is 10.5. The van der Waals surface area contributed by atoms with Crippen molar-refractivity contribution < 1.29 is 14.7 Å². The maximum atomic E-state index is 13.7. The van der Waals surface area contributed by atoms with E-state index in [9.17, 15) is 20.0 Å². The van der Waals surface area contributed by atoms with Gasteiger partial charge in [-0.05, 0) is 106 Å². The molecule has 0 radical (unpaired) electrons. The highest BCUT2D eigenvalue weighted by Gasteiger charge is 2.28. The maximum Gasteiger partial charge on any atom is 0.335 e. The molecule has 236 valence electrons. The van der Waals surface area contributed by atoms with Crippen LogP contribution in [0.15, 0.2) is 91.0 Å². The van der Waals surface area contributed by atoms with Gasteiger partial charge in [0.1, 0.15) is 0 Å². The van der Waals surface area contributed by atoms with Crippen molar-refractivity contribution in [2.24, 2.45) is 0 Å². The van der Waals surface area contributed by atoms with Crippen molar-refractivity contribution in [2.75, 3.05) is 29.4 Å². The topological polar surface area (TPSA) is 101 Å². The van der Waals surface area contributed by atoms with E-state index in [2.05, 4.69) is 27.8 Å². The molecule has 5 rings (SSSR count). The molecule has 0 aliphatic carbocycles. The summed E-state index contributed by atoms with van der Waals surface area (Å²) < 4.78 is 0. The average Bonchev–Trinajstić information content (AvgIpc) is 3.07. The normalized spacial score (nSPS) is 14.3. The lowest BCUT2D eigenvalue weighted by Gasteiger charge is -2.42. The number of aryl methyl sites for hydroxylation is 2. The molecule has 1 aromatic heterocycles. The molecule has 1 N–H and O–H groups in total. The van der Waals surface area contributed by atoms with Gasteiger partial charge < -0.3 is 19.8 Å². The first-order valence-electron chi connectivity index (χ1n) is 15.9. The minimum atomic E-state index is -0.944. The zero-order valence-electron chi connectivity index (χ0n) is 26.8. The van der Waals surface area contributed by atoms with Crippen molar-refractivity contribution in [2.45, 2.75) is 58.7 Å². The van der Waals surface area contributed by atoms with E-state index in [0.29, 0.717) is 24.2 Å². The molecule has 4 aromatic rings. The molecule has 0 spiro atoms. The highest BCUT2D eigenvalue weighted by molar-refractivity contribution is 6.06. The van der Waals surface area contributed by atoms with Crippen molar-refractivity contribution in [1.29, 1.82) is 5.26 Å². The number of carbonyl (C=O) groups excluding carboxylic acids is 1. The van der Waals surface area contributed by atoms with Crippen LogP contribution in [0.25, 0.3) is 0 Å². The van der Waals surface area contributed by atoms with Crippen LogP contribution in [-0.4, -0.2) is 58.6 Å². The van der Waals surface area contributed by atoms with Crippen molar-refractivity contribution >= 4 is 23.3 Å². The molecule has 0 bridgehead atoms. The molecular weight excluding hydrogens is 574 g/mol. The number of aromatic nitrogens is 1. The molecule has 1 saturated heterocycles. The molecule has 1 aliphatic heterocycles. The molecule has 1 unspecified atom stereocenters. The van der Waals surface area contributed by atoms with E-state index in [1.54, 1.807) is 18.2 Å². The third kappa shape index (κ3) is 7.98. The lowest BCUT2D eigenvalue weighted by Crippen LogP contribution is -2.48. The summed E-state index contributed by atoms with van der Waals surface area (Å²) >= 11 is 0. The van der Waals surface area contributed by atoms with Gasteiger partial charge in [0, 0.05) is 66.6 Å². The lowest BCUT2D eigenvalue weighted by atomic mass is 9.98. The molecule has 46 heavy (non-hydrogen) atoms. The Hall–Kier alpha value is -5.00. The van der Waals surface area contributed by atoms with Gasteiger partial charge in [0.15, 0.2) is 0 Å². The number of hydrogen-bond donors (Lipinski definition) is 1. The van der Waals surface area contributed by atoms with Crippen LogP contribution in [0.2, 0.25) is 0 Å². The Morgan fingerprint density at radius 2 is 1.59 bits per heavy atom. The molecule has 8 nitrogen and oxygen atoms in total. The van der Waals surface area contributed by atoms with Crippen molar-refractivity contribution in [1.82, 2.24) is 9.88 Å². The van der Waals surface area contributed by atoms with E-state index in [4.69, 9.17) is 0 Å². The van der Waals surface area contributed by atoms with Gasteiger partial charge in [0.25, 0.3) is 5.91 Å². The fourth-order valence-electron chi connectivity index (χ4n) is 6.35. The summed E-state index contributed by atoms with van der Waals surface area (Å²) in [6.07, 6.45) is 2.71. The number of hydrogen-bond acceptors (Lipinski definition) is 6. The fraction of sp³-hybridized carbons (Fsp3) is 0.316. The third-order valence-electron chi connectivity index (χ3n) is 8.83. The van der Waals surface area contributed by atoms with Crippen LogP contribution in [-0.2, 0) is 6.54 Å². The summed E-state index contributed by atoms with van der Waals surface area (Å²) in [7, 11) is 0.